The molecule has 0 atom stereocenters. The molecule has 1 N–H and O–H groups in total. The van der Waals surface area contributed by atoms with Crippen LogP contribution in [-0.2, 0) is 40.8 Å². The Labute approximate surface area is 365 Å². The zero-order valence-corrected chi connectivity index (χ0v) is 36.3. The van der Waals surface area contributed by atoms with Crippen molar-refractivity contribution < 1.29 is 48.9 Å². The van der Waals surface area contributed by atoms with Gasteiger partial charge in [-0.3, -0.25) is 0 Å². The summed E-state index contributed by atoms with van der Waals surface area (Å²) in [6.45, 7) is 10.1. The number of hydrogen-bond donors (Lipinski definition) is 1. The number of aryl methyl sites for hydroxylation is 4. The second-order valence-corrected chi connectivity index (χ2v) is 14.2. The Morgan fingerprint density at radius 2 is 1.06 bits per heavy atom. The first-order valence-corrected chi connectivity index (χ1v) is 20.4. The Kier molecular flexibility index (Phi) is 15.8. The van der Waals surface area contributed by atoms with Gasteiger partial charge < -0.3 is 18.9 Å². The van der Waals surface area contributed by atoms with Crippen LogP contribution in [-0.4, -0.2) is 66.2 Å². The molecule has 0 bridgehead atoms. The first kappa shape index (κ1) is 47.1. The van der Waals surface area contributed by atoms with E-state index in [1.807, 2.05) is 87.5 Å². The van der Waals surface area contributed by atoms with Crippen LogP contribution in [0.5, 0.6) is 0 Å². The molecule has 4 heterocycles. The minimum absolute atomic E-state index is 0.350. The molecule has 0 saturated carbocycles. The number of oxime groups is 2. The third kappa shape index (κ3) is 11.9. The number of oxazole rings is 2. The summed E-state index contributed by atoms with van der Waals surface area (Å²) in [6, 6.07) is 27.1. The Bertz CT molecular complexity index is 3050. The van der Waals surface area contributed by atoms with Gasteiger partial charge in [-0.05, 0) is 135 Å². The number of nitrogens with zero attached hydrogens (tertiary/aromatic N) is 6. The molecule has 0 amide bonds. The van der Waals surface area contributed by atoms with Gasteiger partial charge in [0.2, 0.25) is 18.4 Å². The number of aromatic nitrogens is 4. The van der Waals surface area contributed by atoms with E-state index in [1.165, 1.54) is 0 Å². The lowest BCUT2D eigenvalue weighted by atomic mass is 10.0. The van der Waals surface area contributed by atoms with E-state index in [2.05, 4.69) is 38.1 Å². The van der Waals surface area contributed by atoms with Gasteiger partial charge in [0.1, 0.15) is 22.4 Å². The lowest BCUT2D eigenvalue weighted by Gasteiger charge is -2.09. The highest BCUT2D eigenvalue weighted by atomic mass is 32.1. The van der Waals surface area contributed by atoms with Crippen LogP contribution in [0, 0.1) is 13.8 Å². The van der Waals surface area contributed by atoms with Crippen molar-refractivity contribution in [3.05, 3.63) is 118 Å². The fourth-order valence-corrected chi connectivity index (χ4v) is 6.39. The summed E-state index contributed by atoms with van der Waals surface area (Å²) >= 11 is -1.50. The predicted molar refractivity (Wildman–Crippen MR) is 234 cm³/mol. The molecule has 19 heteroatoms. The van der Waals surface area contributed by atoms with E-state index in [4.69, 9.17) is 40.8 Å². The summed E-state index contributed by atoms with van der Waals surface area (Å²) in [4.78, 5) is 23.2. The third-order valence-corrected chi connectivity index (χ3v) is 9.46. The second-order valence-electron chi connectivity index (χ2n) is 13.9. The molecule has 0 unspecified atom stereocenters. The molecule has 4 aromatic carbocycles. The van der Waals surface area contributed by atoms with Crippen LogP contribution in [0.2, 0.25) is 0 Å². The van der Waals surface area contributed by atoms with Gasteiger partial charge in [0.05, 0.1) is 22.5 Å². The summed E-state index contributed by atoms with van der Waals surface area (Å²) in [7, 11) is 0. The van der Waals surface area contributed by atoms with Crippen LogP contribution >= 0.6 is 0 Å². The highest BCUT2D eigenvalue weighted by Gasteiger charge is 2.28. The molecule has 0 aliphatic rings. The SMILES string of the molecule is CCc1cc2cc(/C(C)=N/O)ccc2nc1-c1nc2cc(C)ccc2o1.CCc1cc2cc(/C(C)=N/OCC(F)(F)F)ccc2nc1-c1nc2cc(C)ccc2o1.O=S=O.O=S=O. The first-order valence-electron chi connectivity index (χ1n) is 19.0. The summed E-state index contributed by atoms with van der Waals surface area (Å²) in [5.74, 6) is 1.00. The molecule has 14 nitrogen and oxygen atoms in total. The zero-order valence-electron chi connectivity index (χ0n) is 34.6. The number of alkyl halides is 3. The molecule has 0 fully saturated rings. The van der Waals surface area contributed by atoms with E-state index >= 15 is 0 Å². The Balaban J connectivity index is 0.000000214. The van der Waals surface area contributed by atoms with Crippen molar-refractivity contribution >= 4 is 78.6 Å². The van der Waals surface area contributed by atoms with E-state index in [9.17, 15) is 13.2 Å². The minimum atomic E-state index is -4.42. The second kappa shape index (κ2) is 21.2. The van der Waals surface area contributed by atoms with Gasteiger partial charge in [-0.15, -0.1) is 0 Å². The number of benzene rings is 4. The summed E-state index contributed by atoms with van der Waals surface area (Å²) in [6.07, 6.45) is -2.90. The van der Waals surface area contributed by atoms with Crippen molar-refractivity contribution in [1.29, 1.82) is 0 Å². The van der Waals surface area contributed by atoms with Crippen molar-refractivity contribution in [2.45, 2.75) is 60.6 Å². The first-order chi connectivity index (χ1) is 30.1. The van der Waals surface area contributed by atoms with Crippen molar-refractivity contribution in [3.8, 4) is 23.2 Å². The molecule has 326 valence electrons. The topological polar surface area (TPSA) is 200 Å². The van der Waals surface area contributed by atoms with Gasteiger partial charge in [0.15, 0.2) is 11.2 Å². The standard InChI is InChI=1S/C23H20F3N3O2.C21H19N3O2.2O2S/c1-4-15-10-17-11-16(14(3)29-30-12-23(24,25)26)6-7-18(17)27-21(15)22-28-19-9-13(2)5-8-20(19)31-22;1-4-14-10-16-11-15(13(3)24-25)6-7-17(16)22-20(14)21-23-18-9-12(2)5-8-19(18)26-21;2*1-3-2/h5-11H,4,12H2,1-3H3;5-11,25H,4H2,1-3H3;;/b29-14+;24-13+;;. The van der Waals surface area contributed by atoms with Crippen LogP contribution < -0.4 is 0 Å². The van der Waals surface area contributed by atoms with Gasteiger partial charge in [-0.1, -0.05) is 48.4 Å². The number of pyridine rings is 2. The molecule has 0 saturated heterocycles. The predicted octanol–water partition coefficient (Wildman–Crippen LogP) is 9.99. The van der Waals surface area contributed by atoms with Crippen LogP contribution in [0.1, 0.15) is 61.1 Å². The average Bonchev–Trinajstić information content (AvgIpc) is 3.89. The quantitative estimate of drug-likeness (QED) is 0.0861. The molecule has 8 rings (SSSR count). The van der Waals surface area contributed by atoms with Crippen LogP contribution in [0.25, 0.3) is 67.2 Å². The van der Waals surface area contributed by atoms with Gasteiger partial charge in [-0.25, -0.2) is 19.9 Å². The zero-order chi connectivity index (χ0) is 45.8. The van der Waals surface area contributed by atoms with Gasteiger partial charge in [-0.2, -0.15) is 30.0 Å². The minimum Gasteiger partial charge on any atom is -0.435 e. The number of hydrogen-bond acceptors (Lipinski definition) is 14. The molecule has 0 spiro atoms. The fraction of sp³-hybridized carbons (Fsp3) is 0.227. The average molecular weight is 901 g/mol. The number of fused-ring (bicyclic) bond motifs is 4. The monoisotopic (exact) mass is 900 g/mol. The Morgan fingerprint density at radius 1 is 0.635 bits per heavy atom. The number of rotatable bonds is 8. The van der Waals surface area contributed by atoms with Crippen LogP contribution in [0.3, 0.4) is 0 Å². The molecule has 0 aliphatic carbocycles. The summed E-state index contributed by atoms with van der Waals surface area (Å²) in [5, 5.41) is 17.7. The summed E-state index contributed by atoms with van der Waals surface area (Å²) < 4.78 is 81.8. The van der Waals surface area contributed by atoms with Crippen molar-refractivity contribution in [1.82, 2.24) is 19.9 Å². The molecular weight excluding hydrogens is 862 g/mol. The lowest BCUT2D eigenvalue weighted by Crippen LogP contribution is -2.15. The van der Waals surface area contributed by atoms with Gasteiger partial charge in [0.25, 0.3) is 0 Å². The van der Waals surface area contributed by atoms with Crippen molar-refractivity contribution in [3.63, 3.8) is 0 Å². The van der Waals surface area contributed by atoms with Crippen molar-refractivity contribution in [2.24, 2.45) is 10.3 Å². The smallest absolute Gasteiger partial charge is 0.425 e. The summed E-state index contributed by atoms with van der Waals surface area (Å²) in [5.41, 5.74) is 12.8. The van der Waals surface area contributed by atoms with E-state index in [1.54, 1.807) is 26.0 Å². The molecule has 8 aromatic rings. The normalized spacial score (nSPS) is 11.6. The largest absolute Gasteiger partial charge is 0.435 e. The molecule has 4 aromatic heterocycles. The van der Waals surface area contributed by atoms with Gasteiger partial charge >= 0.3 is 29.3 Å². The van der Waals surface area contributed by atoms with Crippen LogP contribution in [0.15, 0.2) is 104 Å². The highest BCUT2D eigenvalue weighted by molar-refractivity contribution is 7.51. The van der Waals surface area contributed by atoms with Gasteiger partial charge in [0, 0.05) is 10.8 Å². The highest BCUT2D eigenvalue weighted by Crippen LogP contribution is 2.31. The molecule has 0 aliphatic heterocycles. The maximum atomic E-state index is 12.3. The van der Waals surface area contributed by atoms with Crippen LogP contribution in [0.4, 0.5) is 13.2 Å². The maximum absolute atomic E-state index is 12.3. The van der Waals surface area contributed by atoms with E-state index in [0.29, 0.717) is 46.5 Å². The fourth-order valence-electron chi connectivity index (χ4n) is 6.39. The lowest BCUT2D eigenvalue weighted by molar-refractivity contribution is -0.173. The maximum Gasteiger partial charge on any atom is 0.425 e. The van der Waals surface area contributed by atoms with E-state index in [0.717, 1.165) is 78.4 Å². The molecular formula is C44H39F3N6O8S2. The van der Waals surface area contributed by atoms with E-state index < -0.39 is 35.9 Å². The Morgan fingerprint density at radius 3 is 1.46 bits per heavy atom. The Hall–Kier alpha value is -6.99. The van der Waals surface area contributed by atoms with E-state index in [-0.39, 0.29) is 0 Å². The molecule has 0 radical (unpaired) electrons. The van der Waals surface area contributed by atoms with Crippen molar-refractivity contribution in [2.75, 3.05) is 6.61 Å². The molecule has 63 heavy (non-hydrogen) atoms. The third-order valence-electron chi connectivity index (χ3n) is 9.46. The number of halogens is 3.